The molecule has 2 aliphatic heterocycles. The van der Waals surface area contributed by atoms with E-state index in [1.807, 2.05) is 39.0 Å². The lowest BCUT2D eigenvalue weighted by molar-refractivity contribution is 0.0217. The Bertz CT molecular complexity index is 1410. The number of amides is 1. The molecular formula is C25H28ClN3O5S2. The maximum absolute atomic E-state index is 13.8. The lowest BCUT2D eigenvalue weighted by Gasteiger charge is -2.37. The van der Waals surface area contributed by atoms with Crippen LogP contribution in [0.1, 0.15) is 33.6 Å². The van der Waals surface area contributed by atoms with E-state index in [9.17, 15) is 13.2 Å². The van der Waals surface area contributed by atoms with Crippen LogP contribution < -0.4 is 4.31 Å². The molecule has 1 fully saturated rings. The number of thioether (sulfide) groups is 1. The van der Waals surface area contributed by atoms with Crippen LogP contribution in [0.2, 0.25) is 5.02 Å². The molecule has 4 heterocycles. The van der Waals surface area contributed by atoms with Gasteiger partial charge in [0.05, 0.1) is 22.7 Å². The van der Waals surface area contributed by atoms with Crippen molar-refractivity contribution in [2.24, 2.45) is 0 Å². The highest BCUT2D eigenvalue weighted by atomic mass is 35.5. The largest absolute Gasteiger partial charge is 0.456 e. The van der Waals surface area contributed by atoms with Crippen molar-refractivity contribution in [3.8, 4) is 11.3 Å². The van der Waals surface area contributed by atoms with E-state index in [0.29, 0.717) is 60.3 Å². The number of fused-ring (bicyclic) bond motifs is 2. The van der Waals surface area contributed by atoms with Gasteiger partial charge in [-0.05, 0) is 57.9 Å². The number of ether oxygens (including phenoxy) is 1. The molecule has 1 aromatic carbocycles. The van der Waals surface area contributed by atoms with Gasteiger partial charge in [-0.25, -0.2) is 13.2 Å². The lowest BCUT2D eigenvalue weighted by Crippen LogP contribution is -2.49. The number of nitrogens with zero attached hydrogens (tertiary/aromatic N) is 3. The highest BCUT2D eigenvalue weighted by Crippen LogP contribution is 2.44. The van der Waals surface area contributed by atoms with Gasteiger partial charge in [0.2, 0.25) is 10.0 Å². The third-order valence-corrected chi connectivity index (χ3v) is 9.90. The second kappa shape index (κ2) is 9.46. The standard InChI is InChI=1S/C25H28ClN3O5S2/c1-25(2,3)34-24(30)28-8-6-18(7-9-28)36(31,32)29-10-11-35-23-19(14-27-15-20(23)29)22-13-16-12-17(26)4-5-21(16)33-22/h4-5,12-15,18H,6-11H2,1-3H3. The summed E-state index contributed by atoms with van der Waals surface area (Å²) >= 11 is 7.72. The van der Waals surface area contributed by atoms with Crippen molar-refractivity contribution < 1.29 is 22.4 Å². The number of furan rings is 1. The first-order chi connectivity index (χ1) is 17.0. The first kappa shape index (κ1) is 25.2. The smallest absolute Gasteiger partial charge is 0.410 e. The average molecular weight is 550 g/mol. The highest BCUT2D eigenvalue weighted by Gasteiger charge is 2.39. The number of rotatable bonds is 3. The average Bonchev–Trinajstić information content (AvgIpc) is 3.25. The van der Waals surface area contributed by atoms with Gasteiger partial charge in [0.15, 0.2) is 0 Å². The summed E-state index contributed by atoms with van der Waals surface area (Å²) < 4.78 is 40.5. The molecule has 192 valence electrons. The van der Waals surface area contributed by atoms with Crippen LogP contribution in [0.3, 0.4) is 0 Å². The minimum Gasteiger partial charge on any atom is -0.456 e. The summed E-state index contributed by atoms with van der Waals surface area (Å²) in [6, 6.07) is 7.32. The number of benzene rings is 1. The molecule has 0 aliphatic carbocycles. The molecule has 2 aliphatic rings. The quantitative estimate of drug-likeness (QED) is 0.408. The second-order valence-corrected chi connectivity index (χ2v) is 13.6. The fraction of sp³-hybridized carbons (Fsp3) is 0.440. The number of carbonyl (C=O) groups excluding carboxylic acids is 1. The molecule has 0 spiro atoms. The zero-order valence-corrected chi connectivity index (χ0v) is 22.8. The van der Waals surface area contributed by atoms with E-state index in [1.54, 1.807) is 35.1 Å². The third kappa shape index (κ3) is 4.90. The number of likely N-dealkylation sites (tertiary alicyclic amines) is 1. The number of hydrogen-bond donors (Lipinski definition) is 0. The summed E-state index contributed by atoms with van der Waals surface area (Å²) in [6.45, 7) is 6.50. The van der Waals surface area contributed by atoms with Gasteiger partial charge in [-0.2, -0.15) is 0 Å². The number of carbonyl (C=O) groups is 1. The Balaban J connectivity index is 1.39. The van der Waals surface area contributed by atoms with Gasteiger partial charge in [0, 0.05) is 46.9 Å². The number of piperidine rings is 1. The Kier molecular flexibility index (Phi) is 6.63. The van der Waals surface area contributed by atoms with Gasteiger partial charge in [-0.15, -0.1) is 11.8 Å². The van der Waals surface area contributed by atoms with Gasteiger partial charge in [-0.1, -0.05) is 11.6 Å². The van der Waals surface area contributed by atoms with Crippen molar-refractivity contribution in [2.45, 2.75) is 49.4 Å². The maximum Gasteiger partial charge on any atom is 0.410 e. The van der Waals surface area contributed by atoms with Gasteiger partial charge in [-0.3, -0.25) is 9.29 Å². The maximum atomic E-state index is 13.8. The third-order valence-electron chi connectivity index (χ3n) is 6.25. The van der Waals surface area contributed by atoms with Crippen LogP contribution in [0.25, 0.3) is 22.3 Å². The van der Waals surface area contributed by atoms with E-state index in [-0.39, 0.29) is 0 Å². The molecule has 11 heteroatoms. The zero-order valence-electron chi connectivity index (χ0n) is 20.4. The van der Waals surface area contributed by atoms with Crippen molar-refractivity contribution in [3.63, 3.8) is 0 Å². The molecule has 1 amide bonds. The molecule has 2 aromatic heterocycles. The van der Waals surface area contributed by atoms with Crippen LogP contribution in [-0.4, -0.2) is 60.6 Å². The molecular weight excluding hydrogens is 522 g/mol. The SMILES string of the molecule is CC(C)(C)OC(=O)N1CCC(S(=O)(=O)N2CCSc3c(-c4cc5cc(Cl)ccc5o4)cncc32)CC1. The second-order valence-electron chi connectivity index (χ2n) is 9.96. The molecule has 36 heavy (non-hydrogen) atoms. The van der Waals surface area contributed by atoms with Gasteiger partial charge in [0.25, 0.3) is 0 Å². The molecule has 0 bridgehead atoms. The minimum atomic E-state index is -3.66. The fourth-order valence-corrected chi connectivity index (χ4v) is 7.92. The Morgan fingerprint density at radius 1 is 1.17 bits per heavy atom. The molecule has 8 nitrogen and oxygen atoms in total. The van der Waals surface area contributed by atoms with Crippen molar-refractivity contribution in [1.82, 2.24) is 9.88 Å². The Morgan fingerprint density at radius 3 is 2.64 bits per heavy atom. The molecule has 0 N–H and O–H groups in total. The number of sulfonamides is 1. The summed E-state index contributed by atoms with van der Waals surface area (Å²) in [5, 5.41) is 0.911. The highest BCUT2D eigenvalue weighted by molar-refractivity contribution is 8.00. The van der Waals surface area contributed by atoms with E-state index in [1.165, 1.54) is 4.31 Å². The summed E-state index contributed by atoms with van der Waals surface area (Å²) in [5.74, 6) is 1.24. The predicted octanol–water partition coefficient (Wildman–Crippen LogP) is 5.79. The van der Waals surface area contributed by atoms with E-state index < -0.39 is 27.0 Å². The van der Waals surface area contributed by atoms with Gasteiger partial charge < -0.3 is 14.1 Å². The van der Waals surface area contributed by atoms with Crippen LogP contribution in [0.15, 0.2) is 46.0 Å². The van der Waals surface area contributed by atoms with Crippen LogP contribution in [-0.2, 0) is 14.8 Å². The Hall–Kier alpha value is -2.43. The summed E-state index contributed by atoms with van der Waals surface area (Å²) in [6.07, 6.45) is 3.63. The summed E-state index contributed by atoms with van der Waals surface area (Å²) in [5.41, 5.74) is 1.43. The number of halogens is 1. The van der Waals surface area contributed by atoms with Crippen molar-refractivity contribution in [3.05, 3.63) is 41.7 Å². The lowest BCUT2D eigenvalue weighted by atomic mass is 10.1. The minimum absolute atomic E-state index is 0.341. The first-order valence-electron chi connectivity index (χ1n) is 11.8. The fourth-order valence-electron chi connectivity index (χ4n) is 4.55. The van der Waals surface area contributed by atoms with Crippen LogP contribution >= 0.6 is 23.4 Å². The van der Waals surface area contributed by atoms with E-state index >= 15 is 0 Å². The van der Waals surface area contributed by atoms with Crippen LogP contribution in [0.4, 0.5) is 10.5 Å². The molecule has 0 atom stereocenters. The molecule has 0 radical (unpaired) electrons. The molecule has 1 saturated heterocycles. The van der Waals surface area contributed by atoms with E-state index in [0.717, 1.165) is 15.8 Å². The monoisotopic (exact) mass is 549 g/mol. The molecule has 3 aromatic rings. The van der Waals surface area contributed by atoms with Crippen LogP contribution in [0, 0.1) is 0 Å². The molecule has 0 saturated carbocycles. The van der Waals surface area contributed by atoms with E-state index in [2.05, 4.69) is 4.98 Å². The topological polar surface area (TPSA) is 93.0 Å². The molecule has 5 rings (SSSR count). The predicted molar refractivity (Wildman–Crippen MR) is 142 cm³/mol. The van der Waals surface area contributed by atoms with Crippen LogP contribution in [0.5, 0.6) is 0 Å². The van der Waals surface area contributed by atoms with Crippen molar-refractivity contribution >= 4 is 56.1 Å². The van der Waals surface area contributed by atoms with E-state index in [4.69, 9.17) is 20.8 Å². The summed E-state index contributed by atoms with van der Waals surface area (Å²) in [4.78, 5) is 19.2. The van der Waals surface area contributed by atoms with Crippen molar-refractivity contribution in [1.29, 1.82) is 0 Å². The summed E-state index contributed by atoms with van der Waals surface area (Å²) in [7, 11) is -3.66. The Labute approximate surface area is 220 Å². The van der Waals surface area contributed by atoms with Gasteiger partial charge >= 0.3 is 6.09 Å². The van der Waals surface area contributed by atoms with Gasteiger partial charge in [0.1, 0.15) is 16.9 Å². The number of hydrogen-bond acceptors (Lipinski definition) is 7. The molecule has 0 unspecified atom stereocenters. The number of pyridine rings is 1. The number of aromatic nitrogens is 1. The zero-order chi connectivity index (χ0) is 25.7. The van der Waals surface area contributed by atoms with Crippen molar-refractivity contribution in [2.75, 3.05) is 29.7 Å². The normalized spacial score (nSPS) is 17.3. The number of anilines is 1. The first-order valence-corrected chi connectivity index (χ1v) is 14.7. The Morgan fingerprint density at radius 2 is 1.92 bits per heavy atom.